The van der Waals surface area contributed by atoms with Gasteiger partial charge in [0.15, 0.2) is 5.96 Å². The van der Waals surface area contributed by atoms with Crippen molar-refractivity contribution >= 4 is 11.6 Å². The molecule has 1 aromatic rings. The highest BCUT2D eigenvalue weighted by atomic mass is 15.1. The number of nitrogens with one attached hydrogen (secondary N) is 1. The molecule has 0 radical (unpaired) electrons. The second kappa shape index (κ2) is 7.71. The number of hydrogen-bond donors (Lipinski definition) is 2. The van der Waals surface area contributed by atoms with Gasteiger partial charge in [-0.25, -0.2) is 4.99 Å². The predicted octanol–water partition coefficient (Wildman–Crippen LogP) is 3.66. The number of benzene rings is 1. The minimum atomic E-state index is -0.0554. The van der Waals surface area contributed by atoms with Gasteiger partial charge < -0.3 is 16.0 Å². The van der Waals surface area contributed by atoms with E-state index in [9.17, 15) is 0 Å². The molecule has 0 amide bonds. The Morgan fingerprint density at radius 1 is 1.17 bits per heavy atom. The van der Waals surface area contributed by atoms with Crippen LogP contribution in [0.3, 0.4) is 0 Å². The fourth-order valence-corrected chi connectivity index (χ4v) is 3.12. The van der Waals surface area contributed by atoms with Gasteiger partial charge >= 0.3 is 0 Å². The average Bonchev–Trinajstić information content (AvgIpc) is 2.52. The Morgan fingerprint density at radius 3 is 2.35 bits per heavy atom. The zero-order chi connectivity index (χ0) is 16.9. The average molecular weight is 316 g/mol. The number of nitrogens with zero attached hydrogens (tertiary/aromatic N) is 2. The standard InChI is InChI=1S/C19H32N4/c1-19(2,3)22-18(20)21-14-15-10-12-17(13-11-15)23(4)16-8-6-5-7-9-16/h10-13,16H,5-9,14H2,1-4H3,(H3,20,21,22). The Labute approximate surface area is 141 Å². The van der Waals surface area contributed by atoms with Crippen molar-refractivity contribution in [2.45, 2.75) is 71.0 Å². The number of guanidine groups is 1. The van der Waals surface area contributed by atoms with Gasteiger partial charge in [-0.05, 0) is 51.3 Å². The summed E-state index contributed by atoms with van der Waals surface area (Å²) in [5.41, 5.74) is 8.34. The van der Waals surface area contributed by atoms with Crippen LogP contribution in [0.2, 0.25) is 0 Å². The summed E-state index contributed by atoms with van der Waals surface area (Å²) >= 11 is 0. The number of rotatable bonds is 4. The van der Waals surface area contributed by atoms with E-state index in [0.717, 1.165) is 0 Å². The van der Waals surface area contributed by atoms with E-state index in [1.807, 2.05) is 0 Å². The van der Waals surface area contributed by atoms with Crippen LogP contribution in [0.25, 0.3) is 0 Å². The largest absolute Gasteiger partial charge is 0.372 e. The first kappa shape index (κ1) is 17.6. The summed E-state index contributed by atoms with van der Waals surface area (Å²) in [6.07, 6.45) is 6.75. The van der Waals surface area contributed by atoms with E-state index in [2.05, 4.69) is 67.3 Å². The first-order valence-corrected chi connectivity index (χ1v) is 8.75. The quantitative estimate of drug-likeness (QED) is 0.658. The normalized spacial score (nSPS) is 17.1. The van der Waals surface area contributed by atoms with Crippen LogP contribution in [0.15, 0.2) is 29.3 Å². The van der Waals surface area contributed by atoms with E-state index < -0.39 is 0 Å². The summed E-state index contributed by atoms with van der Waals surface area (Å²) in [4.78, 5) is 6.85. The maximum atomic E-state index is 5.91. The number of anilines is 1. The van der Waals surface area contributed by atoms with Gasteiger partial charge in [0.05, 0.1) is 6.54 Å². The van der Waals surface area contributed by atoms with Crippen LogP contribution in [-0.4, -0.2) is 24.6 Å². The molecule has 0 spiro atoms. The number of nitrogens with two attached hydrogens (primary N) is 1. The Morgan fingerprint density at radius 2 is 1.78 bits per heavy atom. The Bertz CT molecular complexity index is 507. The molecule has 1 fully saturated rings. The lowest BCUT2D eigenvalue weighted by molar-refractivity contribution is 0.427. The molecule has 0 unspecified atom stereocenters. The van der Waals surface area contributed by atoms with E-state index in [4.69, 9.17) is 5.73 Å². The van der Waals surface area contributed by atoms with E-state index in [1.165, 1.54) is 43.4 Å². The number of aliphatic imine (C=N–C) groups is 1. The van der Waals surface area contributed by atoms with Gasteiger partial charge in [-0.1, -0.05) is 31.4 Å². The third-order valence-electron chi connectivity index (χ3n) is 4.40. The van der Waals surface area contributed by atoms with Crippen LogP contribution < -0.4 is 16.0 Å². The van der Waals surface area contributed by atoms with Crippen LogP contribution in [-0.2, 0) is 6.54 Å². The lowest BCUT2D eigenvalue weighted by Crippen LogP contribution is -2.44. The molecule has 128 valence electrons. The summed E-state index contributed by atoms with van der Waals surface area (Å²) in [7, 11) is 2.22. The van der Waals surface area contributed by atoms with Gasteiger partial charge in [0.25, 0.3) is 0 Å². The van der Waals surface area contributed by atoms with Gasteiger partial charge in [-0.3, -0.25) is 0 Å². The molecule has 1 saturated carbocycles. The molecule has 0 aromatic heterocycles. The van der Waals surface area contributed by atoms with E-state index in [-0.39, 0.29) is 5.54 Å². The fraction of sp³-hybridized carbons (Fsp3) is 0.632. The van der Waals surface area contributed by atoms with Crippen molar-refractivity contribution in [3.05, 3.63) is 29.8 Å². The van der Waals surface area contributed by atoms with Crippen LogP contribution in [0.4, 0.5) is 5.69 Å². The minimum Gasteiger partial charge on any atom is -0.372 e. The highest BCUT2D eigenvalue weighted by Crippen LogP contribution is 2.26. The summed E-state index contributed by atoms with van der Waals surface area (Å²) in [6.45, 7) is 6.84. The van der Waals surface area contributed by atoms with E-state index in [1.54, 1.807) is 0 Å². The van der Waals surface area contributed by atoms with Crippen molar-refractivity contribution in [1.82, 2.24) is 5.32 Å². The first-order chi connectivity index (χ1) is 10.8. The molecule has 0 bridgehead atoms. The molecule has 0 aliphatic heterocycles. The first-order valence-electron chi connectivity index (χ1n) is 8.75. The molecule has 23 heavy (non-hydrogen) atoms. The molecule has 4 nitrogen and oxygen atoms in total. The number of hydrogen-bond acceptors (Lipinski definition) is 2. The molecule has 4 heteroatoms. The van der Waals surface area contributed by atoms with Crippen LogP contribution >= 0.6 is 0 Å². The summed E-state index contributed by atoms with van der Waals surface area (Å²) in [5, 5.41) is 3.18. The van der Waals surface area contributed by atoms with Gasteiger partial charge in [-0.15, -0.1) is 0 Å². The molecule has 3 N–H and O–H groups in total. The van der Waals surface area contributed by atoms with Crippen molar-refractivity contribution in [1.29, 1.82) is 0 Å². The maximum Gasteiger partial charge on any atom is 0.189 e. The Hall–Kier alpha value is -1.71. The van der Waals surface area contributed by atoms with E-state index >= 15 is 0 Å². The minimum absolute atomic E-state index is 0.0554. The summed E-state index contributed by atoms with van der Waals surface area (Å²) in [5.74, 6) is 0.501. The third kappa shape index (κ3) is 5.77. The zero-order valence-corrected chi connectivity index (χ0v) is 15.1. The molecule has 0 heterocycles. The molecule has 1 aromatic carbocycles. The third-order valence-corrected chi connectivity index (χ3v) is 4.40. The van der Waals surface area contributed by atoms with Crippen LogP contribution in [0.5, 0.6) is 0 Å². The zero-order valence-electron chi connectivity index (χ0n) is 15.1. The van der Waals surface area contributed by atoms with Crippen molar-refractivity contribution in [3.63, 3.8) is 0 Å². The second-order valence-corrected chi connectivity index (χ2v) is 7.65. The van der Waals surface area contributed by atoms with Gasteiger partial charge in [0.2, 0.25) is 0 Å². The molecule has 1 aliphatic rings. The molecule has 1 aliphatic carbocycles. The van der Waals surface area contributed by atoms with Crippen LogP contribution in [0.1, 0.15) is 58.4 Å². The summed E-state index contributed by atoms with van der Waals surface area (Å²) in [6, 6.07) is 9.41. The molecule has 0 atom stereocenters. The molecular formula is C19H32N4. The summed E-state index contributed by atoms with van der Waals surface area (Å²) < 4.78 is 0. The highest BCUT2D eigenvalue weighted by molar-refractivity contribution is 5.78. The molecular weight excluding hydrogens is 284 g/mol. The van der Waals surface area contributed by atoms with Crippen molar-refractivity contribution in [2.75, 3.05) is 11.9 Å². The van der Waals surface area contributed by atoms with E-state index in [0.29, 0.717) is 18.5 Å². The molecule has 0 saturated heterocycles. The Balaban J connectivity index is 1.92. The molecule has 2 rings (SSSR count). The maximum absolute atomic E-state index is 5.91. The smallest absolute Gasteiger partial charge is 0.189 e. The monoisotopic (exact) mass is 316 g/mol. The highest BCUT2D eigenvalue weighted by Gasteiger charge is 2.18. The SMILES string of the molecule is CN(c1ccc(CN=C(N)NC(C)(C)C)cc1)C1CCCCC1. The van der Waals surface area contributed by atoms with Crippen molar-refractivity contribution < 1.29 is 0 Å². The van der Waals surface area contributed by atoms with Crippen molar-refractivity contribution in [2.24, 2.45) is 10.7 Å². The van der Waals surface area contributed by atoms with Crippen molar-refractivity contribution in [3.8, 4) is 0 Å². The topological polar surface area (TPSA) is 53.6 Å². The fourth-order valence-electron chi connectivity index (χ4n) is 3.12. The lowest BCUT2D eigenvalue weighted by Gasteiger charge is -2.33. The van der Waals surface area contributed by atoms with Gasteiger partial charge in [0, 0.05) is 24.3 Å². The second-order valence-electron chi connectivity index (χ2n) is 7.65. The van der Waals surface area contributed by atoms with Gasteiger partial charge in [-0.2, -0.15) is 0 Å². The predicted molar refractivity (Wildman–Crippen MR) is 99.9 cm³/mol. The van der Waals surface area contributed by atoms with Crippen LogP contribution in [0, 0.1) is 0 Å². The lowest BCUT2D eigenvalue weighted by atomic mass is 9.94. The Kier molecular flexibility index (Phi) is 5.91. The van der Waals surface area contributed by atoms with Gasteiger partial charge in [0.1, 0.15) is 0 Å².